The molecule has 0 amide bonds. The van der Waals surface area contributed by atoms with Crippen LogP contribution in [0.25, 0.3) is 0 Å². The molecule has 24 heavy (non-hydrogen) atoms. The van der Waals surface area contributed by atoms with Gasteiger partial charge in [0.05, 0.1) is 7.11 Å². The second-order valence-corrected chi connectivity index (χ2v) is 5.99. The zero-order chi connectivity index (χ0) is 17.9. The fourth-order valence-corrected chi connectivity index (χ4v) is 2.76. The van der Waals surface area contributed by atoms with Crippen molar-refractivity contribution in [1.82, 2.24) is 10.3 Å². The van der Waals surface area contributed by atoms with Gasteiger partial charge in [0, 0.05) is 12.1 Å². The lowest BCUT2D eigenvalue weighted by Crippen LogP contribution is -2.47. The lowest BCUT2D eigenvalue weighted by atomic mass is 9.91. The Hall–Kier alpha value is -1.76. The predicted octanol–water partition coefficient (Wildman–Crippen LogP) is 3.84. The molecule has 0 aliphatic carbocycles. The van der Waals surface area contributed by atoms with Crippen molar-refractivity contribution >= 4 is 29.2 Å². The molecule has 8 heteroatoms. The molecule has 0 aliphatic heterocycles. The van der Waals surface area contributed by atoms with Gasteiger partial charge >= 0.3 is 5.97 Å². The Morgan fingerprint density at radius 2 is 1.88 bits per heavy atom. The summed E-state index contributed by atoms with van der Waals surface area (Å²) in [4.78, 5) is 16.0. The summed E-state index contributed by atoms with van der Waals surface area (Å²) in [6.07, 6.45) is 0. The van der Waals surface area contributed by atoms with Gasteiger partial charge in [-0.2, -0.15) is 0 Å². The van der Waals surface area contributed by atoms with Gasteiger partial charge in [-0.15, -0.1) is 0 Å². The van der Waals surface area contributed by atoms with Crippen LogP contribution < -0.4 is 5.32 Å². The third-order valence-corrected chi connectivity index (χ3v) is 3.92. The number of pyridine rings is 1. The molecule has 2 rings (SSSR count). The van der Waals surface area contributed by atoms with Crippen LogP contribution in [0.2, 0.25) is 10.3 Å². The van der Waals surface area contributed by atoms with Crippen molar-refractivity contribution in [3.63, 3.8) is 0 Å². The quantitative estimate of drug-likeness (QED) is 0.637. The molecule has 1 N–H and O–H groups in total. The molecular weight excluding hydrogens is 361 g/mol. The van der Waals surface area contributed by atoms with E-state index in [0.717, 1.165) is 18.2 Å². The van der Waals surface area contributed by atoms with Crippen LogP contribution in [0.15, 0.2) is 30.3 Å². The lowest BCUT2D eigenvalue weighted by Gasteiger charge is -2.29. The zero-order valence-electron chi connectivity index (χ0n) is 12.9. The van der Waals surface area contributed by atoms with E-state index in [1.807, 2.05) is 0 Å². The minimum atomic E-state index is -1.61. The first-order valence-electron chi connectivity index (χ1n) is 6.87. The van der Waals surface area contributed by atoms with Gasteiger partial charge in [-0.3, -0.25) is 5.32 Å². The van der Waals surface area contributed by atoms with E-state index in [-0.39, 0.29) is 22.4 Å². The minimum absolute atomic E-state index is 0.101. The summed E-state index contributed by atoms with van der Waals surface area (Å²) in [5.74, 6) is -2.17. The summed E-state index contributed by atoms with van der Waals surface area (Å²) < 4.78 is 32.4. The van der Waals surface area contributed by atoms with E-state index in [4.69, 9.17) is 27.9 Å². The van der Waals surface area contributed by atoms with Gasteiger partial charge in [-0.25, -0.2) is 18.6 Å². The van der Waals surface area contributed by atoms with E-state index in [9.17, 15) is 13.6 Å². The fraction of sp³-hybridized carbons (Fsp3) is 0.250. The number of esters is 1. The monoisotopic (exact) mass is 374 g/mol. The molecule has 1 aromatic carbocycles. The van der Waals surface area contributed by atoms with Crippen LogP contribution in [-0.2, 0) is 21.6 Å². The Morgan fingerprint density at radius 1 is 1.25 bits per heavy atom. The Balaban J connectivity index is 2.38. The van der Waals surface area contributed by atoms with Crippen LogP contribution in [0.1, 0.15) is 18.1 Å². The number of carbonyl (C=O) groups excluding carboxylic acids is 1. The molecule has 0 saturated heterocycles. The van der Waals surface area contributed by atoms with Gasteiger partial charge < -0.3 is 4.74 Å². The largest absolute Gasteiger partial charge is 0.467 e. The summed E-state index contributed by atoms with van der Waals surface area (Å²) in [7, 11) is 1.17. The van der Waals surface area contributed by atoms with Crippen LogP contribution in [-0.4, -0.2) is 18.1 Å². The highest BCUT2D eigenvalue weighted by molar-refractivity contribution is 6.32. The number of nitrogens with zero attached hydrogens (tertiary/aromatic N) is 1. The number of benzene rings is 1. The Kier molecular flexibility index (Phi) is 5.74. The summed E-state index contributed by atoms with van der Waals surface area (Å²) in [5.41, 5.74) is -1.16. The highest BCUT2D eigenvalue weighted by Gasteiger charge is 2.38. The maximum atomic E-state index is 14.1. The third-order valence-electron chi connectivity index (χ3n) is 3.53. The molecule has 1 heterocycles. The van der Waals surface area contributed by atoms with Crippen molar-refractivity contribution in [2.75, 3.05) is 7.11 Å². The van der Waals surface area contributed by atoms with Gasteiger partial charge in [0.2, 0.25) is 0 Å². The average Bonchev–Trinajstić information content (AvgIpc) is 2.53. The Bertz CT molecular complexity index is 753. The van der Waals surface area contributed by atoms with Gasteiger partial charge in [-0.1, -0.05) is 23.2 Å². The number of halogens is 4. The van der Waals surface area contributed by atoms with Crippen molar-refractivity contribution in [3.8, 4) is 0 Å². The molecule has 0 radical (unpaired) electrons. The highest BCUT2D eigenvalue weighted by Crippen LogP contribution is 2.27. The molecule has 0 aliphatic rings. The van der Waals surface area contributed by atoms with Crippen molar-refractivity contribution in [3.05, 3.63) is 63.4 Å². The molecule has 0 fully saturated rings. The second-order valence-electron chi connectivity index (χ2n) is 5.22. The van der Waals surface area contributed by atoms with Crippen LogP contribution in [0.5, 0.6) is 0 Å². The van der Waals surface area contributed by atoms with E-state index in [2.05, 4.69) is 10.3 Å². The molecule has 2 aromatic rings. The molecule has 128 valence electrons. The highest BCUT2D eigenvalue weighted by atomic mass is 35.5. The summed E-state index contributed by atoms with van der Waals surface area (Å²) >= 11 is 11.7. The Morgan fingerprint density at radius 3 is 2.46 bits per heavy atom. The second kappa shape index (κ2) is 7.42. The number of ether oxygens (including phenoxy) is 1. The van der Waals surface area contributed by atoms with Gasteiger partial charge in [0.15, 0.2) is 0 Å². The molecule has 0 spiro atoms. The van der Waals surface area contributed by atoms with Crippen molar-refractivity contribution < 1.29 is 18.3 Å². The van der Waals surface area contributed by atoms with Crippen LogP contribution in [0, 0.1) is 11.6 Å². The van der Waals surface area contributed by atoms with E-state index in [1.165, 1.54) is 14.0 Å². The average molecular weight is 375 g/mol. The lowest BCUT2D eigenvalue weighted by molar-refractivity contribution is -0.148. The standard InChI is InChI=1S/C16H14Cl2F2N2O2/c1-16(15(23)24-2,11-7-10(19)3-4-12(11)20)21-8-9-5-13(17)22-14(18)6-9/h3-7,21H,8H2,1-2H3/t16-/m1/s1. The van der Waals surface area contributed by atoms with Gasteiger partial charge in [0.1, 0.15) is 27.5 Å². The third kappa shape index (κ3) is 4.01. The van der Waals surface area contributed by atoms with Gasteiger partial charge in [0.25, 0.3) is 0 Å². The van der Waals surface area contributed by atoms with Gasteiger partial charge in [-0.05, 0) is 42.8 Å². The van der Waals surface area contributed by atoms with Crippen LogP contribution >= 0.6 is 23.2 Å². The summed E-state index contributed by atoms with van der Waals surface area (Å²) in [6, 6.07) is 5.96. The van der Waals surface area contributed by atoms with Crippen LogP contribution in [0.3, 0.4) is 0 Å². The number of aromatic nitrogens is 1. The maximum absolute atomic E-state index is 14.1. The first kappa shape index (κ1) is 18.6. The van der Waals surface area contributed by atoms with Crippen molar-refractivity contribution in [2.45, 2.75) is 19.0 Å². The molecule has 0 unspecified atom stereocenters. The number of carbonyl (C=O) groups is 1. The van der Waals surface area contributed by atoms with E-state index in [0.29, 0.717) is 5.56 Å². The maximum Gasteiger partial charge on any atom is 0.330 e. The molecule has 1 atom stereocenters. The molecule has 0 saturated carbocycles. The number of methoxy groups -OCH3 is 1. The first-order valence-corrected chi connectivity index (χ1v) is 7.63. The topological polar surface area (TPSA) is 51.2 Å². The van der Waals surface area contributed by atoms with E-state index in [1.54, 1.807) is 12.1 Å². The van der Waals surface area contributed by atoms with Crippen molar-refractivity contribution in [2.24, 2.45) is 0 Å². The SMILES string of the molecule is COC(=O)[C@](C)(NCc1cc(Cl)nc(Cl)c1)c1cc(F)ccc1F. The fourth-order valence-electron chi connectivity index (χ4n) is 2.26. The molecular formula is C16H14Cl2F2N2O2. The smallest absolute Gasteiger partial charge is 0.330 e. The van der Waals surface area contributed by atoms with Crippen molar-refractivity contribution in [1.29, 1.82) is 0 Å². The first-order chi connectivity index (χ1) is 11.3. The predicted molar refractivity (Wildman–Crippen MR) is 86.8 cm³/mol. The normalized spacial score (nSPS) is 13.4. The number of rotatable bonds is 5. The molecule has 4 nitrogen and oxygen atoms in total. The van der Waals surface area contributed by atoms with Crippen LogP contribution in [0.4, 0.5) is 8.78 Å². The Labute approximate surface area is 147 Å². The van der Waals surface area contributed by atoms with E-state index >= 15 is 0 Å². The zero-order valence-corrected chi connectivity index (χ0v) is 14.4. The number of nitrogens with one attached hydrogen (secondary N) is 1. The molecule has 1 aromatic heterocycles. The number of hydrogen-bond acceptors (Lipinski definition) is 4. The minimum Gasteiger partial charge on any atom is -0.467 e. The summed E-state index contributed by atoms with van der Waals surface area (Å²) in [6.45, 7) is 1.50. The van der Waals surface area contributed by atoms with E-state index < -0.39 is 23.1 Å². The molecule has 0 bridgehead atoms. The number of hydrogen-bond donors (Lipinski definition) is 1. The summed E-state index contributed by atoms with van der Waals surface area (Å²) in [5, 5.41) is 3.23.